The number of benzene rings is 3. The van der Waals surface area contributed by atoms with Crippen molar-refractivity contribution >= 4 is 0 Å². The first-order valence-corrected chi connectivity index (χ1v) is 9.50. The minimum atomic E-state index is -0.958. The van der Waals surface area contributed by atoms with Gasteiger partial charge in [-0.05, 0) is 47.2 Å². The zero-order chi connectivity index (χ0) is 20.1. The monoisotopic (exact) mass is 384 g/mol. The highest BCUT2D eigenvalue weighted by Crippen LogP contribution is 2.26. The maximum Gasteiger partial charge on any atom is 0.200 e. The third-order valence-corrected chi connectivity index (χ3v) is 4.75. The molecule has 0 saturated carbocycles. The van der Waals surface area contributed by atoms with E-state index in [-0.39, 0.29) is 18.2 Å². The first-order chi connectivity index (χ1) is 13.5. The van der Waals surface area contributed by atoms with Crippen LogP contribution in [0.2, 0.25) is 0 Å². The van der Waals surface area contributed by atoms with Crippen LogP contribution in [0.4, 0.5) is 13.2 Å². The van der Waals surface area contributed by atoms with Gasteiger partial charge in [0.15, 0.2) is 11.6 Å². The minimum Gasteiger partial charge on any atom is -0.486 e. The SMILES string of the molecule is CCCc1ccc(OCc2ccc(-c3ccc(CC)cc3F)cc2)c(F)c1F. The molecule has 28 heavy (non-hydrogen) atoms. The summed E-state index contributed by atoms with van der Waals surface area (Å²) in [6, 6.07) is 15.4. The predicted octanol–water partition coefficient (Wildman–Crippen LogP) is 6.86. The summed E-state index contributed by atoms with van der Waals surface area (Å²) in [4.78, 5) is 0. The van der Waals surface area contributed by atoms with Gasteiger partial charge in [-0.25, -0.2) is 8.78 Å². The summed E-state index contributed by atoms with van der Waals surface area (Å²) >= 11 is 0. The maximum atomic E-state index is 14.3. The molecule has 0 bridgehead atoms. The van der Waals surface area contributed by atoms with Crippen LogP contribution >= 0.6 is 0 Å². The lowest BCUT2D eigenvalue weighted by molar-refractivity contribution is 0.284. The molecule has 0 aliphatic heterocycles. The highest BCUT2D eigenvalue weighted by atomic mass is 19.2. The average Bonchev–Trinajstić information content (AvgIpc) is 2.71. The summed E-state index contributed by atoms with van der Waals surface area (Å²) in [6.07, 6.45) is 2.01. The molecule has 4 heteroatoms. The fourth-order valence-corrected chi connectivity index (χ4v) is 3.10. The van der Waals surface area contributed by atoms with E-state index in [0.29, 0.717) is 17.5 Å². The molecule has 0 fully saturated rings. The van der Waals surface area contributed by atoms with E-state index in [9.17, 15) is 13.2 Å². The Morgan fingerprint density at radius 2 is 1.50 bits per heavy atom. The Labute approximate surface area is 163 Å². The van der Waals surface area contributed by atoms with E-state index in [1.54, 1.807) is 42.5 Å². The van der Waals surface area contributed by atoms with Crippen LogP contribution in [0.3, 0.4) is 0 Å². The molecule has 0 atom stereocenters. The second kappa shape index (κ2) is 8.96. The second-order valence-corrected chi connectivity index (χ2v) is 6.75. The molecule has 0 radical (unpaired) electrons. The van der Waals surface area contributed by atoms with Gasteiger partial charge in [0, 0.05) is 5.56 Å². The van der Waals surface area contributed by atoms with Crippen LogP contribution < -0.4 is 4.74 Å². The maximum absolute atomic E-state index is 14.3. The van der Waals surface area contributed by atoms with Gasteiger partial charge < -0.3 is 4.74 Å². The van der Waals surface area contributed by atoms with Crippen LogP contribution in [0.15, 0.2) is 54.6 Å². The van der Waals surface area contributed by atoms with Crippen molar-refractivity contribution in [2.75, 3.05) is 0 Å². The van der Waals surface area contributed by atoms with Gasteiger partial charge in [-0.2, -0.15) is 4.39 Å². The lowest BCUT2D eigenvalue weighted by Gasteiger charge is -2.11. The lowest BCUT2D eigenvalue weighted by Crippen LogP contribution is -2.01. The summed E-state index contributed by atoms with van der Waals surface area (Å²) in [7, 11) is 0. The van der Waals surface area contributed by atoms with Gasteiger partial charge in [0.1, 0.15) is 12.4 Å². The first kappa shape index (κ1) is 20.0. The predicted molar refractivity (Wildman–Crippen MR) is 106 cm³/mol. The fraction of sp³-hybridized carbons (Fsp3) is 0.250. The van der Waals surface area contributed by atoms with Crippen molar-refractivity contribution in [1.82, 2.24) is 0 Å². The molecule has 0 heterocycles. The standard InChI is InChI=1S/C24H23F3O/c1-3-5-19-11-13-22(24(27)23(19)26)28-15-17-6-9-18(10-7-17)20-12-8-16(4-2)14-21(20)25/h6-14H,3-5,15H2,1-2H3. The number of aryl methyl sites for hydroxylation is 2. The molecule has 0 aromatic heterocycles. The van der Waals surface area contributed by atoms with E-state index >= 15 is 0 Å². The van der Waals surface area contributed by atoms with Crippen molar-refractivity contribution in [3.05, 3.63) is 88.7 Å². The minimum absolute atomic E-state index is 0.0982. The van der Waals surface area contributed by atoms with Crippen molar-refractivity contribution < 1.29 is 17.9 Å². The quantitative estimate of drug-likeness (QED) is 0.432. The Kier molecular flexibility index (Phi) is 6.40. The van der Waals surface area contributed by atoms with Crippen LogP contribution in [-0.2, 0) is 19.4 Å². The van der Waals surface area contributed by atoms with Gasteiger partial charge in [0.25, 0.3) is 0 Å². The summed E-state index contributed by atoms with van der Waals surface area (Å²) < 4.78 is 47.9. The number of halogens is 3. The van der Waals surface area contributed by atoms with Crippen molar-refractivity contribution in [2.24, 2.45) is 0 Å². The van der Waals surface area contributed by atoms with Gasteiger partial charge >= 0.3 is 0 Å². The molecule has 1 nitrogen and oxygen atoms in total. The van der Waals surface area contributed by atoms with Crippen LogP contribution in [0.1, 0.15) is 37.0 Å². The molecule has 0 saturated heterocycles. The molecule has 3 aromatic carbocycles. The molecular formula is C24H23F3O. The molecule has 0 N–H and O–H groups in total. The molecule has 3 aromatic rings. The second-order valence-electron chi connectivity index (χ2n) is 6.75. The van der Waals surface area contributed by atoms with Crippen molar-refractivity contribution in [3.63, 3.8) is 0 Å². The molecular weight excluding hydrogens is 361 g/mol. The van der Waals surface area contributed by atoms with Gasteiger partial charge in [-0.15, -0.1) is 0 Å². The molecule has 3 rings (SSSR count). The summed E-state index contributed by atoms with van der Waals surface area (Å²) in [6.45, 7) is 3.99. The van der Waals surface area contributed by atoms with Gasteiger partial charge in [-0.1, -0.05) is 62.7 Å². The zero-order valence-corrected chi connectivity index (χ0v) is 16.1. The van der Waals surface area contributed by atoms with Crippen molar-refractivity contribution in [3.8, 4) is 16.9 Å². The molecule has 0 aliphatic carbocycles. The van der Waals surface area contributed by atoms with E-state index in [1.165, 1.54) is 6.07 Å². The number of rotatable bonds is 7. The van der Waals surface area contributed by atoms with E-state index in [0.717, 1.165) is 29.5 Å². The van der Waals surface area contributed by atoms with Gasteiger partial charge in [0.05, 0.1) is 0 Å². The number of ether oxygens (including phenoxy) is 1. The fourth-order valence-electron chi connectivity index (χ4n) is 3.10. The molecule has 0 amide bonds. The molecule has 0 aliphatic rings. The van der Waals surface area contributed by atoms with E-state index in [2.05, 4.69) is 0 Å². The van der Waals surface area contributed by atoms with Crippen LogP contribution in [0.25, 0.3) is 11.1 Å². The summed E-state index contributed by atoms with van der Waals surface area (Å²) in [5.74, 6) is -2.17. The zero-order valence-electron chi connectivity index (χ0n) is 16.1. The smallest absolute Gasteiger partial charge is 0.200 e. The highest BCUT2D eigenvalue weighted by molar-refractivity contribution is 5.64. The third-order valence-electron chi connectivity index (χ3n) is 4.75. The largest absolute Gasteiger partial charge is 0.486 e. The topological polar surface area (TPSA) is 9.23 Å². The number of hydrogen-bond acceptors (Lipinski definition) is 1. The molecule has 0 unspecified atom stereocenters. The Bertz CT molecular complexity index is 949. The van der Waals surface area contributed by atoms with Crippen LogP contribution in [0.5, 0.6) is 5.75 Å². The summed E-state index contributed by atoms with van der Waals surface area (Å²) in [5.41, 5.74) is 3.37. The van der Waals surface area contributed by atoms with E-state index < -0.39 is 11.6 Å². The van der Waals surface area contributed by atoms with E-state index in [4.69, 9.17) is 4.74 Å². The van der Waals surface area contributed by atoms with Gasteiger partial charge in [-0.3, -0.25) is 0 Å². The summed E-state index contributed by atoms with van der Waals surface area (Å²) in [5, 5.41) is 0. The Hall–Kier alpha value is -2.75. The first-order valence-electron chi connectivity index (χ1n) is 9.50. The normalized spacial score (nSPS) is 10.9. The molecule has 0 spiro atoms. The Morgan fingerprint density at radius 1 is 0.786 bits per heavy atom. The van der Waals surface area contributed by atoms with E-state index in [1.807, 2.05) is 19.9 Å². The lowest BCUT2D eigenvalue weighted by atomic mass is 10.0. The van der Waals surface area contributed by atoms with Crippen molar-refractivity contribution in [1.29, 1.82) is 0 Å². The van der Waals surface area contributed by atoms with Crippen LogP contribution in [0, 0.1) is 17.5 Å². The molecule has 146 valence electrons. The van der Waals surface area contributed by atoms with Gasteiger partial charge in [0.2, 0.25) is 5.82 Å². The Morgan fingerprint density at radius 3 is 2.14 bits per heavy atom. The van der Waals surface area contributed by atoms with Crippen LogP contribution in [-0.4, -0.2) is 0 Å². The van der Waals surface area contributed by atoms with Crippen molar-refractivity contribution in [2.45, 2.75) is 39.7 Å². The highest BCUT2D eigenvalue weighted by Gasteiger charge is 2.14. The average molecular weight is 384 g/mol. The Balaban J connectivity index is 1.71. The number of hydrogen-bond donors (Lipinski definition) is 0. The third kappa shape index (κ3) is 4.38.